The molecule has 6 nitrogen and oxygen atoms in total. The Bertz CT molecular complexity index is 1020. The quantitative estimate of drug-likeness (QED) is 0.789. The van der Waals surface area contributed by atoms with Gasteiger partial charge in [0.1, 0.15) is 10.7 Å². The van der Waals surface area contributed by atoms with Crippen molar-refractivity contribution in [2.24, 2.45) is 0 Å². The van der Waals surface area contributed by atoms with Gasteiger partial charge in [-0.2, -0.15) is 4.31 Å². The van der Waals surface area contributed by atoms with E-state index in [2.05, 4.69) is 17.4 Å². The molecular weight excluding hydrogens is 405 g/mol. The average Bonchev–Trinajstić information content (AvgIpc) is 2.74. The highest BCUT2D eigenvalue weighted by molar-refractivity contribution is 7.89. The fraction of sp³-hybridized carbons (Fsp3) is 0.409. The predicted octanol–water partition coefficient (Wildman–Crippen LogP) is 2.33. The zero-order chi connectivity index (χ0) is 21.1. The molecule has 8 heteroatoms. The normalized spacial score (nSPS) is 20.5. The van der Waals surface area contributed by atoms with E-state index in [1.54, 1.807) is 0 Å². The topological polar surface area (TPSA) is 69.7 Å². The monoisotopic (exact) mass is 431 g/mol. The molecule has 0 saturated carbocycles. The Morgan fingerprint density at radius 3 is 2.50 bits per heavy atom. The predicted molar refractivity (Wildman–Crippen MR) is 112 cm³/mol. The molecule has 1 amide bonds. The standard InChI is InChI=1S/C22H26FN3O3S/c23-19-9-3-4-11-21(19)30(28,29)26-14-12-25(13-15-26)16-22(27)24-20-10-5-7-17-6-1-2-8-18(17)20/h1-4,6,8-9,11,20H,5,7,10,12-16H2,(H,24,27)/t20-/m0/s1. The molecule has 0 spiro atoms. The number of piperazine rings is 1. The van der Waals surface area contributed by atoms with Gasteiger partial charge in [0.2, 0.25) is 15.9 Å². The highest BCUT2D eigenvalue weighted by atomic mass is 32.2. The summed E-state index contributed by atoms with van der Waals surface area (Å²) in [5, 5.41) is 3.14. The van der Waals surface area contributed by atoms with E-state index in [1.165, 1.54) is 33.6 Å². The van der Waals surface area contributed by atoms with Crippen LogP contribution in [-0.2, 0) is 21.2 Å². The van der Waals surface area contributed by atoms with E-state index >= 15 is 0 Å². The minimum absolute atomic E-state index is 0.0326. The van der Waals surface area contributed by atoms with Crippen molar-refractivity contribution in [3.63, 3.8) is 0 Å². The Morgan fingerprint density at radius 2 is 1.73 bits per heavy atom. The van der Waals surface area contributed by atoms with Gasteiger partial charge in [-0.05, 0) is 42.5 Å². The van der Waals surface area contributed by atoms with Gasteiger partial charge in [-0.3, -0.25) is 9.69 Å². The molecule has 4 rings (SSSR count). The van der Waals surface area contributed by atoms with Crippen LogP contribution in [0.4, 0.5) is 4.39 Å². The lowest BCUT2D eigenvalue weighted by Gasteiger charge is -2.34. The number of rotatable bonds is 5. The molecule has 0 aromatic heterocycles. The number of hydrogen-bond donors (Lipinski definition) is 1. The largest absolute Gasteiger partial charge is 0.348 e. The Hall–Kier alpha value is -2.29. The van der Waals surface area contributed by atoms with Crippen LogP contribution in [0.1, 0.15) is 30.0 Å². The number of aryl methyl sites for hydroxylation is 1. The smallest absolute Gasteiger partial charge is 0.246 e. The van der Waals surface area contributed by atoms with Crippen LogP contribution in [0.2, 0.25) is 0 Å². The van der Waals surface area contributed by atoms with Gasteiger partial charge < -0.3 is 5.32 Å². The molecule has 30 heavy (non-hydrogen) atoms. The number of benzene rings is 2. The van der Waals surface area contributed by atoms with Crippen LogP contribution in [0.3, 0.4) is 0 Å². The van der Waals surface area contributed by atoms with Crippen LogP contribution in [0, 0.1) is 5.82 Å². The lowest BCUT2D eigenvalue weighted by atomic mass is 9.88. The summed E-state index contributed by atoms with van der Waals surface area (Å²) in [6.45, 7) is 1.56. The summed E-state index contributed by atoms with van der Waals surface area (Å²) in [5.74, 6) is -0.797. The number of nitrogens with zero attached hydrogens (tertiary/aromatic N) is 2. The van der Waals surface area contributed by atoms with Gasteiger partial charge in [0.15, 0.2) is 0 Å². The summed E-state index contributed by atoms with van der Waals surface area (Å²) in [7, 11) is -3.87. The molecule has 1 saturated heterocycles. The summed E-state index contributed by atoms with van der Waals surface area (Å²) in [4.78, 5) is 14.2. The van der Waals surface area contributed by atoms with Crippen LogP contribution in [-0.4, -0.2) is 56.3 Å². The molecule has 0 bridgehead atoms. The third-order valence-electron chi connectivity index (χ3n) is 5.86. The van der Waals surface area contributed by atoms with Crippen molar-refractivity contribution in [2.45, 2.75) is 30.2 Å². The van der Waals surface area contributed by atoms with Crippen molar-refractivity contribution in [3.05, 3.63) is 65.5 Å². The fourth-order valence-corrected chi connectivity index (χ4v) is 5.76. The number of sulfonamides is 1. The van der Waals surface area contributed by atoms with E-state index in [4.69, 9.17) is 0 Å². The first kappa shape index (κ1) is 21.0. The summed E-state index contributed by atoms with van der Waals surface area (Å²) in [6, 6.07) is 13.7. The van der Waals surface area contributed by atoms with Gasteiger partial charge in [-0.15, -0.1) is 0 Å². The maximum atomic E-state index is 13.9. The van der Waals surface area contributed by atoms with Gasteiger partial charge in [0, 0.05) is 26.2 Å². The molecular formula is C22H26FN3O3S. The zero-order valence-electron chi connectivity index (χ0n) is 16.8. The average molecular weight is 432 g/mol. The molecule has 1 heterocycles. The second kappa shape index (κ2) is 8.83. The molecule has 2 aromatic rings. The Morgan fingerprint density at radius 1 is 1.03 bits per heavy atom. The lowest BCUT2D eigenvalue weighted by Crippen LogP contribution is -2.51. The van der Waals surface area contributed by atoms with Gasteiger partial charge in [-0.25, -0.2) is 12.8 Å². The number of carbonyl (C=O) groups excluding carboxylic acids is 1. The lowest BCUT2D eigenvalue weighted by molar-refractivity contribution is -0.123. The van der Waals surface area contributed by atoms with Gasteiger partial charge in [-0.1, -0.05) is 36.4 Å². The summed E-state index contributed by atoms with van der Waals surface area (Å²) >= 11 is 0. The van der Waals surface area contributed by atoms with E-state index in [0.29, 0.717) is 13.1 Å². The first-order valence-corrected chi connectivity index (χ1v) is 11.7. The van der Waals surface area contributed by atoms with E-state index in [9.17, 15) is 17.6 Å². The SMILES string of the molecule is O=C(CN1CCN(S(=O)(=O)c2ccccc2F)CC1)N[C@H]1CCCc2ccccc21. The van der Waals surface area contributed by atoms with Crippen LogP contribution in [0.5, 0.6) is 0 Å². The van der Waals surface area contributed by atoms with Crippen molar-refractivity contribution in [1.29, 1.82) is 0 Å². The molecule has 0 unspecified atom stereocenters. The van der Waals surface area contributed by atoms with Gasteiger partial charge >= 0.3 is 0 Å². The number of amides is 1. The van der Waals surface area contributed by atoms with E-state index in [-0.39, 0.29) is 36.5 Å². The minimum Gasteiger partial charge on any atom is -0.348 e. The molecule has 1 aliphatic carbocycles. The highest BCUT2D eigenvalue weighted by Crippen LogP contribution is 2.29. The third-order valence-corrected chi connectivity index (χ3v) is 7.79. The molecule has 1 aliphatic heterocycles. The molecule has 1 fully saturated rings. The molecule has 2 aliphatic rings. The van der Waals surface area contributed by atoms with Crippen LogP contribution < -0.4 is 5.32 Å². The van der Waals surface area contributed by atoms with Crippen molar-refractivity contribution in [2.75, 3.05) is 32.7 Å². The Kier molecular flexibility index (Phi) is 6.17. The van der Waals surface area contributed by atoms with E-state index in [0.717, 1.165) is 25.3 Å². The van der Waals surface area contributed by atoms with Crippen molar-refractivity contribution in [1.82, 2.24) is 14.5 Å². The van der Waals surface area contributed by atoms with Gasteiger partial charge in [0.05, 0.1) is 12.6 Å². The number of halogens is 1. The zero-order valence-corrected chi connectivity index (χ0v) is 17.6. The van der Waals surface area contributed by atoms with Crippen LogP contribution in [0.15, 0.2) is 53.4 Å². The molecule has 2 aromatic carbocycles. The molecule has 0 radical (unpaired) electrons. The first-order valence-electron chi connectivity index (χ1n) is 10.3. The van der Waals surface area contributed by atoms with Crippen LogP contribution >= 0.6 is 0 Å². The number of fused-ring (bicyclic) bond motifs is 1. The van der Waals surface area contributed by atoms with Crippen molar-refractivity contribution < 1.29 is 17.6 Å². The molecule has 160 valence electrons. The van der Waals surface area contributed by atoms with Crippen molar-refractivity contribution >= 4 is 15.9 Å². The molecule has 1 N–H and O–H groups in total. The maximum Gasteiger partial charge on any atom is 0.246 e. The second-order valence-corrected chi connectivity index (χ2v) is 9.73. The second-order valence-electron chi connectivity index (χ2n) is 7.82. The first-order chi connectivity index (χ1) is 14.4. The number of nitrogens with one attached hydrogen (secondary N) is 1. The Labute approximate surface area is 176 Å². The highest BCUT2D eigenvalue weighted by Gasteiger charge is 2.31. The van der Waals surface area contributed by atoms with Gasteiger partial charge in [0.25, 0.3) is 0 Å². The number of hydrogen-bond acceptors (Lipinski definition) is 4. The third kappa shape index (κ3) is 4.40. The summed E-state index contributed by atoms with van der Waals surface area (Å²) < 4.78 is 40.6. The van der Waals surface area contributed by atoms with E-state index in [1.807, 2.05) is 17.0 Å². The maximum absolute atomic E-state index is 13.9. The molecule has 1 atom stereocenters. The van der Waals surface area contributed by atoms with E-state index < -0.39 is 15.8 Å². The summed E-state index contributed by atoms with van der Waals surface area (Å²) in [6.07, 6.45) is 3.02. The minimum atomic E-state index is -3.87. The Balaban J connectivity index is 1.32. The summed E-state index contributed by atoms with van der Waals surface area (Å²) in [5.41, 5.74) is 2.49. The van der Waals surface area contributed by atoms with Crippen LogP contribution in [0.25, 0.3) is 0 Å². The van der Waals surface area contributed by atoms with Crippen molar-refractivity contribution in [3.8, 4) is 0 Å². The number of carbonyl (C=O) groups is 1. The fourth-order valence-electron chi connectivity index (χ4n) is 4.27.